The fourth-order valence-corrected chi connectivity index (χ4v) is 1.64. The first-order chi connectivity index (χ1) is 9.79. The number of alkyl halides is 3. The number of nitro groups is 1. The van der Waals surface area contributed by atoms with Gasteiger partial charge in [0.05, 0.1) is 28.2 Å². The van der Waals surface area contributed by atoms with Gasteiger partial charge in [0, 0.05) is 18.3 Å². The van der Waals surface area contributed by atoms with Crippen molar-refractivity contribution in [2.24, 2.45) is 0 Å². The van der Waals surface area contributed by atoms with E-state index in [0.717, 1.165) is 12.1 Å². The molecule has 2 rings (SSSR count). The van der Waals surface area contributed by atoms with E-state index in [2.05, 4.69) is 4.98 Å². The smallest absolute Gasteiger partial charge is 0.305 e. The van der Waals surface area contributed by atoms with Crippen molar-refractivity contribution in [2.75, 3.05) is 0 Å². The SMILES string of the molecule is CC.Cc1cn(-c2ccc([N+](=O)[O-])cc2C(F)(F)F)cn1. The van der Waals surface area contributed by atoms with Gasteiger partial charge < -0.3 is 4.57 Å². The standard InChI is InChI=1S/C11H8F3N3O2.C2H6/c1-7-5-16(6-15-7)10-3-2-8(17(18)19)4-9(10)11(12,13)14;1-2/h2-6H,1H3;1-2H3. The molecule has 1 aromatic carbocycles. The van der Waals surface area contributed by atoms with Gasteiger partial charge in [0.2, 0.25) is 0 Å². The molecule has 2 aromatic rings. The summed E-state index contributed by atoms with van der Waals surface area (Å²) >= 11 is 0. The van der Waals surface area contributed by atoms with Gasteiger partial charge in [0.1, 0.15) is 0 Å². The fourth-order valence-electron chi connectivity index (χ4n) is 1.64. The van der Waals surface area contributed by atoms with Gasteiger partial charge in [0.15, 0.2) is 0 Å². The van der Waals surface area contributed by atoms with E-state index in [1.165, 1.54) is 17.1 Å². The topological polar surface area (TPSA) is 61.0 Å². The van der Waals surface area contributed by atoms with Gasteiger partial charge in [-0.15, -0.1) is 0 Å². The van der Waals surface area contributed by atoms with Crippen molar-refractivity contribution in [2.45, 2.75) is 26.9 Å². The molecule has 21 heavy (non-hydrogen) atoms. The second kappa shape index (κ2) is 6.38. The monoisotopic (exact) mass is 301 g/mol. The predicted molar refractivity (Wildman–Crippen MR) is 71.3 cm³/mol. The molecule has 8 heteroatoms. The molecule has 0 aliphatic rings. The summed E-state index contributed by atoms with van der Waals surface area (Å²) in [7, 11) is 0. The van der Waals surface area contributed by atoms with Crippen LogP contribution < -0.4 is 0 Å². The lowest BCUT2D eigenvalue weighted by Crippen LogP contribution is -2.10. The van der Waals surface area contributed by atoms with Crippen molar-refractivity contribution < 1.29 is 18.1 Å². The lowest BCUT2D eigenvalue weighted by atomic mass is 10.1. The van der Waals surface area contributed by atoms with Gasteiger partial charge in [-0.3, -0.25) is 10.1 Å². The van der Waals surface area contributed by atoms with Crippen molar-refractivity contribution in [3.8, 4) is 5.69 Å². The zero-order valence-electron chi connectivity index (χ0n) is 11.7. The number of aryl methyl sites for hydroxylation is 1. The molecule has 0 unspecified atom stereocenters. The van der Waals surface area contributed by atoms with Crippen LogP contribution in [0.3, 0.4) is 0 Å². The zero-order chi connectivity index (χ0) is 16.2. The minimum Gasteiger partial charge on any atom is -0.305 e. The Kier molecular flexibility index (Phi) is 5.07. The molecule has 0 radical (unpaired) electrons. The summed E-state index contributed by atoms with van der Waals surface area (Å²) in [5, 5.41) is 10.6. The molecule has 1 heterocycles. The molecule has 1 aromatic heterocycles. The van der Waals surface area contributed by atoms with Crippen LogP contribution in [0, 0.1) is 17.0 Å². The second-order valence-electron chi connectivity index (χ2n) is 3.88. The number of hydrogen-bond donors (Lipinski definition) is 0. The molecular formula is C13H14F3N3O2. The summed E-state index contributed by atoms with van der Waals surface area (Å²) in [6.07, 6.45) is -2.04. The third kappa shape index (κ3) is 3.80. The number of aromatic nitrogens is 2. The Bertz CT molecular complexity index is 636. The molecule has 0 aliphatic heterocycles. The number of hydrogen-bond acceptors (Lipinski definition) is 3. The molecule has 0 bridgehead atoms. The van der Waals surface area contributed by atoms with Crippen LogP contribution in [0.2, 0.25) is 0 Å². The van der Waals surface area contributed by atoms with Gasteiger partial charge in [0.25, 0.3) is 5.69 Å². The molecule has 0 spiro atoms. The predicted octanol–water partition coefficient (Wildman–Crippen LogP) is 4.13. The first-order valence-corrected chi connectivity index (χ1v) is 6.15. The average Bonchev–Trinajstić information content (AvgIpc) is 2.86. The number of benzene rings is 1. The molecule has 5 nitrogen and oxygen atoms in total. The van der Waals surface area contributed by atoms with Crippen molar-refractivity contribution in [1.82, 2.24) is 9.55 Å². The van der Waals surface area contributed by atoms with Crippen LogP contribution >= 0.6 is 0 Å². The summed E-state index contributed by atoms with van der Waals surface area (Å²) in [5.74, 6) is 0. The van der Waals surface area contributed by atoms with Gasteiger partial charge in [-0.25, -0.2) is 4.98 Å². The van der Waals surface area contributed by atoms with Crippen LogP contribution in [0.25, 0.3) is 5.69 Å². The number of nitro benzene ring substituents is 1. The quantitative estimate of drug-likeness (QED) is 0.619. The maximum atomic E-state index is 12.9. The highest BCUT2D eigenvalue weighted by atomic mass is 19.4. The number of non-ortho nitro benzene ring substituents is 1. The highest BCUT2D eigenvalue weighted by Crippen LogP contribution is 2.36. The lowest BCUT2D eigenvalue weighted by molar-refractivity contribution is -0.385. The number of nitrogens with zero attached hydrogens (tertiary/aromatic N) is 3. The average molecular weight is 301 g/mol. The van der Waals surface area contributed by atoms with Gasteiger partial charge >= 0.3 is 6.18 Å². The Morgan fingerprint density at radius 2 is 1.90 bits per heavy atom. The third-order valence-corrected chi connectivity index (χ3v) is 2.49. The Hall–Kier alpha value is -2.38. The lowest BCUT2D eigenvalue weighted by Gasteiger charge is -2.12. The Labute approximate surface area is 119 Å². The van der Waals surface area contributed by atoms with Crippen molar-refractivity contribution >= 4 is 5.69 Å². The minimum absolute atomic E-state index is 0.196. The molecule has 0 fully saturated rings. The highest BCUT2D eigenvalue weighted by Gasteiger charge is 2.35. The minimum atomic E-state index is -4.68. The van der Waals surface area contributed by atoms with E-state index in [1.54, 1.807) is 6.92 Å². The molecule has 0 N–H and O–H groups in total. The van der Waals surface area contributed by atoms with E-state index in [4.69, 9.17) is 0 Å². The Morgan fingerprint density at radius 1 is 1.29 bits per heavy atom. The molecule has 0 aliphatic carbocycles. The van der Waals surface area contributed by atoms with E-state index in [-0.39, 0.29) is 5.69 Å². The van der Waals surface area contributed by atoms with E-state index in [0.29, 0.717) is 11.8 Å². The van der Waals surface area contributed by atoms with Crippen molar-refractivity contribution in [3.05, 3.63) is 52.1 Å². The first kappa shape index (κ1) is 16.7. The molecule has 0 atom stereocenters. The van der Waals surface area contributed by atoms with Gasteiger partial charge in [-0.2, -0.15) is 13.2 Å². The fraction of sp³-hybridized carbons (Fsp3) is 0.308. The number of imidazole rings is 1. The maximum absolute atomic E-state index is 12.9. The molecule has 114 valence electrons. The van der Waals surface area contributed by atoms with Crippen molar-refractivity contribution in [1.29, 1.82) is 0 Å². The van der Waals surface area contributed by atoms with Crippen LogP contribution in [0.15, 0.2) is 30.7 Å². The number of rotatable bonds is 2. The normalized spacial score (nSPS) is 10.8. The van der Waals surface area contributed by atoms with Gasteiger partial charge in [-0.1, -0.05) is 13.8 Å². The summed E-state index contributed by atoms with van der Waals surface area (Å²) < 4.78 is 40.0. The van der Waals surface area contributed by atoms with Crippen LogP contribution in [-0.4, -0.2) is 14.5 Å². The summed E-state index contributed by atoms with van der Waals surface area (Å²) in [5.41, 5.74) is -1.32. The maximum Gasteiger partial charge on any atom is 0.418 e. The summed E-state index contributed by atoms with van der Waals surface area (Å²) in [4.78, 5) is 13.5. The van der Waals surface area contributed by atoms with Crippen LogP contribution in [0.1, 0.15) is 25.1 Å². The van der Waals surface area contributed by atoms with E-state index >= 15 is 0 Å². The van der Waals surface area contributed by atoms with E-state index in [9.17, 15) is 23.3 Å². The molecule has 0 saturated carbocycles. The summed E-state index contributed by atoms with van der Waals surface area (Å²) in [6.45, 7) is 5.63. The van der Waals surface area contributed by atoms with E-state index in [1.807, 2.05) is 13.8 Å². The first-order valence-electron chi connectivity index (χ1n) is 6.15. The Morgan fingerprint density at radius 3 is 2.33 bits per heavy atom. The zero-order valence-corrected chi connectivity index (χ0v) is 11.7. The summed E-state index contributed by atoms with van der Waals surface area (Å²) in [6, 6.07) is 2.60. The van der Waals surface area contributed by atoms with Crippen molar-refractivity contribution in [3.63, 3.8) is 0 Å². The van der Waals surface area contributed by atoms with Crippen LogP contribution in [0.4, 0.5) is 18.9 Å². The van der Waals surface area contributed by atoms with E-state index < -0.39 is 22.4 Å². The third-order valence-electron chi connectivity index (χ3n) is 2.49. The second-order valence-corrected chi connectivity index (χ2v) is 3.88. The highest BCUT2D eigenvalue weighted by molar-refractivity contribution is 5.50. The van der Waals surface area contributed by atoms with Crippen LogP contribution in [-0.2, 0) is 6.18 Å². The largest absolute Gasteiger partial charge is 0.418 e. The van der Waals surface area contributed by atoms with Gasteiger partial charge in [-0.05, 0) is 13.0 Å². The van der Waals surface area contributed by atoms with Crippen LogP contribution in [0.5, 0.6) is 0 Å². The number of halogens is 3. The Balaban J connectivity index is 0.00000106. The molecular weight excluding hydrogens is 287 g/mol. The molecule has 0 saturated heterocycles. The molecule has 0 amide bonds.